The van der Waals surface area contributed by atoms with Gasteiger partial charge in [0.25, 0.3) is 5.91 Å². The SMILES string of the molecule is Cc1cc(C)cc(OCC(=O)Nc2ccc(-c3nc4cccnc4s3)cc2)c1. The number of aryl methyl sites for hydroxylation is 2. The van der Waals surface area contributed by atoms with Crippen LogP contribution in [-0.4, -0.2) is 22.5 Å². The van der Waals surface area contributed by atoms with Gasteiger partial charge in [-0.05, 0) is 73.5 Å². The van der Waals surface area contributed by atoms with Crippen LogP contribution in [0, 0.1) is 13.8 Å². The summed E-state index contributed by atoms with van der Waals surface area (Å²) in [6.45, 7) is 3.97. The molecule has 28 heavy (non-hydrogen) atoms. The zero-order valence-corrected chi connectivity index (χ0v) is 16.4. The second kappa shape index (κ2) is 7.78. The quantitative estimate of drug-likeness (QED) is 0.522. The van der Waals surface area contributed by atoms with Crippen molar-refractivity contribution in [3.63, 3.8) is 0 Å². The number of carbonyl (C=O) groups is 1. The first-order chi connectivity index (χ1) is 13.6. The van der Waals surface area contributed by atoms with Crippen molar-refractivity contribution in [1.82, 2.24) is 9.97 Å². The minimum Gasteiger partial charge on any atom is -0.484 e. The molecule has 2 aromatic heterocycles. The fourth-order valence-corrected chi connectivity index (χ4v) is 3.86. The minimum absolute atomic E-state index is 0.0335. The van der Waals surface area contributed by atoms with E-state index in [0.717, 1.165) is 37.7 Å². The number of rotatable bonds is 5. The van der Waals surface area contributed by atoms with E-state index in [0.29, 0.717) is 5.75 Å². The van der Waals surface area contributed by atoms with Crippen molar-refractivity contribution in [3.05, 3.63) is 71.9 Å². The van der Waals surface area contributed by atoms with Gasteiger partial charge in [-0.2, -0.15) is 0 Å². The predicted molar refractivity (Wildman–Crippen MR) is 113 cm³/mol. The monoisotopic (exact) mass is 389 g/mol. The lowest BCUT2D eigenvalue weighted by atomic mass is 10.1. The van der Waals surface area contributed by atoms with Gasteiger partial charge >= 0.3 is 0 Å². The molecule has 140 valence electrons. The van der Waals surface area contributed by atoms with E-state index in [9.17, 15) is 4.79 Å². The number of carbonyl (C=O) groups excluding carboxylic acids is 1. The average molecular weight is 389 g/mol. The number of amides is 1. The first-order valence-corrected chi connectivity index (χ1v) is 9.71. The van der Waals surface area contributed by atoms with Crippen LogP contribution in [0.2, 0.25) is 0 Å². The zero-order valence-electron chi connectivity index (χ0n) is 15.6. The van der Waals surface area contributed by atoms with Crippen LogP contribution in [-0.2, 0) is 4.79 Å². The van der Waals surface area contributed by atoms with Crippen LogP contribution in [0.3, 0.4) is 0 Å². The number of hydrogen-bond acceptors (Lipinski definition) is 5. The minimum atomic E-state index is -0.198. The Balaban J connectivity index is 1.39. The van der Waals surface area contributed by atoms with E-state index in [1.165, 1.54) is 0 Å². The number of nitrogens with zero attached hydrogens (tertiary/aromatic N) is 2. The smallest absolute Gasteiger partial charge is 0.262 e. The second-order valence-electron chi connectivity index (χ2n) is 6.58. The number of ether oxygens (including phenoxy) is 1. The summed E-state index contributed by atoms with van der Waals surface area (Å²) in [5, 5.41) is 3.76. The van der Waals surface area contributed by atoms with Crippen molar-refractivity contribution >= 4 is 33.3 Å². The number of fused-ring (bicyclic) bond motifs is 1. The Bertz CT molecular complexity index is 1080. The van der Waals surface area contributed by atoms with Crippen molar-refractivity contribution in [2.24, 2.45) is 0 Å². The van der Waals surface area contributed by atoms with Crippen LogP contribution in [0.1, 0.15) is 11.1 Å². The van der Waals surface area contributed by atoms with Crippen molar-refractivity contribution in [2.45, 2.75) is 13.8 Å². The van der Waals surface area contributed by atoms with Gasteiger partial charge in [-0.25, -0.2) is 9.97 Å². The third-order valence-corrected chi connectivity index (χ3v) is 5.18. The standard InChI is InChI=1S/C22H19N3O2S/c1-14-10-15(2)12-18(11-14)27-13-20(26)24-17-7-5-16(6-8-17)21-25-19-4-3-9-23-22(19)28-21/h3-12H,13H2,1-2H3,(H,24,26). The molecule has 4 rings (SSSR count). The Morgan fingerprint density at radius 3 is 2.54 bits per heavy atom. The summed E-state index contributed by atoms with van der Waals surface area (Å²) in [6.07, 6.45) is 1.77. The molecule has 1 N–H and O–H groups in total. The van der Waals surface area contributed by atoms with E-state index in [-0.39, 0.29) is 12.5 Å². The van der Waals surface area contributed by atoms with E-state index >= 15 is 0 Å². The van der Waals surface area contributed by atoms with Gasteiger partial charge in [0, 0.05) is 17.4 Å². The van der Waals surface area contributed by atoms with Crippen LogP contribution in [0.15, 0.2) is 60.8 Å². The average Bonchev–Trinajstić information content (AvgIpc) is 3.10. The van der Waals surface area contributed by atoms with Gasteiger partial charge in [0.05, 0.1) is 0 Å². The van der Waals surface area contributed by atoms with Crippen LogP contribution < -0.4 is 10.1 Å². The first-order valence-electron chi connectivity index (χ1n) is 8.90. The van der Waals surface area contributed by atoms with Crippen molar-refractivity contribution in [2.75, 3.05) is 11.9 Å². The summed E-state index contributed by atoms with van der Waals surface area (Å²) in [6, 6.07) is 17.3. The molecule has 1 amide bonds. The highest BCUT2D eigenvalue weighted by Crippen LogP contribution is 2.29. The van der Waals surface area contributed by atoms with Gasteiger partial charge in [-0.15, -0.1) is 0 Å². The normalized spacial score (nSPS) is 10.8. The van der Waals surface area contributed by atoms with E-state index in [1.807, 2.05) is 62.4 Å². The first kappa shape index (κ1) is 18.1. The number of benzene rings is 2. The van der Waals surface area contributed by atoms with Crippen molar-refractivity contribution in [1.29, 1.82) is 0 Å². The molecule has 0 saturated carbocycles. The van der Waals surface area contributed by atoms with Gasteiger partial charge in [0.15, 0.2) is 6.61 Å². The maximum atomic E-state index is 12.2. The highest BCUT2D eigenvalue weighted by Gasteiger charge is 2.08. The predicted octanol–water partition coefficient (Wildman–Crippen LogP) is 4.99. The largest absolute Gasteiger partial charge is 0.484 e. The molecule has 0 aliphatic rings. The molecule has 0 radical (unpaired) electrons. The Kier molecular flexibility index (Phi) is 5.04. The van der Waals surface area contributed by atoms with Crippen LogP contribution in [0.5, 0.6) is 5.75 Å². The molecule has 6 heteroatoms. The fraction of sp³-hybridized carbons (Fsp3) is 0.136. The number of pyridine rings is 1. The van der Waals surface area contributed by atoms with E-state index in [2.05, 4.69) is 21.4 Å². The molecule has 2 aromatic carbocycles. The summed E-state index contributed by atoms with van der Waals surface area (Å²) < 4.78 is 5.60. The van der Waals surface area contributed by atoms with Crippen LogP contribution >= 0.6 is 11.3 Å². The number of thiazole rings is 1. The molecule has 0 saturated heterocycles. The number of aromatic nitrogens is 2. The van der Waals surface area contributed by atoms with E-state index < -0.39 is 0 Å². The summed E-state index contributed by atoms with van der Waals surface area (Å²) >= 11 is 1.55. The van der Waals surface area contributed by atoms with Gasteiger partial charge in [0.2, 0.25) is 0 Å². The third-order valence-electron chi connectivity index (χ3n) is 4.15. The van der Waals surface area contributed by atoms with Crippen LogP contribution in [0.25, 0.3) is 20.9 Å². The molecular weight excluding hydrogens is 370 g/mol. The Morgan fingerprint density at radius 2 is 1.82 bits per heavy atom. The van der Waals surface area contributed by atoms with Crippen LogP contribution in [0.4, 0.5) is 5.69 Å². The Morgan fingerprint density at radius 1 is 1.07 bits per heavy atom. The van der Waals surface area contributed by atoms with E-state index in [4.69, 9.17) is 4.74 Å². The van der Waals surface area contributed by atoms with E-state index in [1.54, 1.807) is 17.5 Å². The molecule has 2 heterocycles. The topological polar surface area (TPSA) is 64.1 Å². The molecule has 0 bridgehead atoms. The van der Waals surface area contributed by atoms with Crippen molar-refractivity contribution in [3.8, 4) is 16.3 Å². The zero-order chi connectivity index (χ0) is 19.5. The second-order valence-corrected chi connectivity index (χ2v) is 7.56. The molecule has 0 aliphatic heterocycles. The lowest BCUT2D eigenvalue weighted by Gasteiger charge is -2.09. The molecule has 0 spiro atoms. The van der Waals surface area contributed by atoms with Gasteiger partial charge in [-0.3, -0.25) is 4.79 Å². The maximum absolute atomic E-state index is 12.2. The molecule has 0 fully saturated rings. The molecule has 5 nitrogen and oxygen atoms in total. The fourth-order valence-electron chi connectivity index (χ4n) is 2.95. The Labute approximate surface area is 167 Å². The van der Waals surface area contributed by atoms with Gasteiger partial charge in [0.1, 0.15) is 21.1 Å². The summed E-state index contributed by atoms with van der Waals surface area (Å²) in [5.74, 6) is 0.503. The highest BCUT2D eigenvalue weighted by molar-refractivity contribution is 7.21. The van der Waals surface area contributed by atoms with Crippen molar-refractivity contribution < 1.29 is 9.53 Å². The lowest BCUT2D eigenvalue weighted by molar-refractivity contribution is -0.118. The number of nitrogens with one attached hydrogen (secondary N) is 1. The molecule has 4 aromatic rings. The molecule has 0 aliphatic carbocycles. The third kappa shape index (κ3) is 4.18. The lowest BCUT2D eigenvalue weighted by Crippen LogP contribution is -2.20. The highest BCUT2D eigenvalue weighted by atomic mass is 32.1. The van der Waals surface area contributed by atoms with Gasteiger partial charge in [-0.1, -0.05) is 17.4 Å². The summed E-state index contributed by atoms with van der Waals surface area (Å²) in [5.41, 5.74) is 4.82. The molecule has 0 unspecified atom stereocenters. The summed E-state index contributed by atoms with van der Waals surface area (Å²) in [7, 11) is 0. The molecule has 0 atom stereocenters. The number of anilines is 1. The Hall–Kier alpha value is -3.25. The maximum Gasteiger partial charge on any atom is 0.262 e. The molecular formula is C22H19N3O2S. The summed E-state index contributed by atoms with van der Waals surface area (Å²) in [4.78, 5) is 22.0. The van der Waals surface area contributed by atoms with Gasteiger partial charge < -0.3 is 10.1 Å². The number of hydrogen-bond donors (Lipinski definition) is 1.